The molecule has 0 saturated heterocycles. The van der Waals surface area contributed by atoms with Crippen LogP contribution in [0.3, 0.4) is 0 Å². The van der Waals surface area contributed by atoms with Crippen LogP contribution in [0.25, 0.3) is 0 Å². The smallest absolute Gasteiger partial charge is 0.326 e. The lowest BCUT2D eigenvalue weighted by molar-refractivity contribution is -0.140. The van der Waals surface area contributed by atoms with Crippen LogP contribution in [0, 0.1) is 5.92 Å². The van der Waals surface area contributed by atoms with Gasteiger partial charge in [0, 0.05) is 5.38 Å². The molecule has 0 aliphatic carbocycles. The molecule has 0 aliphatic rings. The zero-order valence-corrected chi connectivity index (χ0v) is 9.95. The van der Waals surface area contributed by atoms with E-state index in [9.17, 15) is 9.59 Å². The van der Waals surface area contributed by atoms with Crippen molar-refractivity contribution in [2.75, 3.05) is 0 Å². The first-order valence-electron chi connectivity index (χ1n) is 4.98. The van der Waals surface area contributed by atoms with E-state index in [-0.39, 0.29) is 11.6 Å². The first-order valence-corrected chi connectivity index (χ1v) is 5.92. The number of thiazole rings is 1. The molecule has 0 spiro atoms. The number of rotatable bonds is 5. The molecule has 6 heteroatoms. The van der Waals surface area contributed by atoms with Crippen molar-refractivity contribution in [2.24, 2.45) is 5.92 Å². The maximum absolute atomic E-state index is 11.6. The normalized spacial score (nSPS) is 14.1. The van der Waals surface area contributed by atoms with Crippen molar-refractivity contribution in [1.82, 2.24) is 10.3 Å². The van der Waals surface area contributed by atoms with E-state index in [1.807, 2.05) is 6.92 Å². The molecule has 0 bridgehead atoms. The van der Waals surface area contributed by atoms with E-state index in [1.54, 1.807) is 12.3 Å². The molecule has 2 atom stereocenters. The Morgan fingerprint density at radius 2 is 2.31 bits per heavy atom. The summed E-state index contributed by atoms with van der Waals surface area (Å²) in [4.78, 5) is 26.4. The molecule has 0 saturated carbocycles. The number of amides is 1. The molecule has 1 rings (SSSR count). The van der Waals surface area contributed by atoms with E-state index in [0.717, 1.165) is 0 Å². The topological polar surface area (TPSA) is 79.3 Å². The number of hydrogen-bond donors (Lipinski definition) is 2. The van der Waals surface area contributed by atoms with Crippen LogP contribution in [0.2, 0.25) is 0 Å². The van der Waals surface area contributed by atoms with Crippen molar-refractivity contribution >= 4 is 23.2 Å². The highest BCUT2D eigenvalue weighted by Crippen LogP contribution is 2.09. The van der Waals surface area contributed by atoms with Crippen molar-refractivity contribution < 1.29 is 14.7 Å². The molecular weight excluding hydrogens is 228 g/mol. The van der Waals surface area contributed by atoms with Gasteiger partial charge in [-0.3, -0.25) is 4.79 Å². The predicted molar refractivity (Wildman–Crippen MR) is 60.5 cm³/mol. The molecule has 88 valence electrons. The SMILES string of the molecule is CCC(C)[C@H](NC(=O)c1cscn1)C(=O)O. The number of aromatic nitrogens is 1. The van der Waals surface area contributed by atoms with Gasteiger partial charge >= 0.3 is 5.97 Å². The first-order chi connectivity index (χ1) is 7.56. The third-order valence-electron chi connectivity index (χ3n) is 2.43. The third kappa shape index (κ3) is 3.03. The highest BCUT2D eigenvalue weighted by Gasteiger charge is 2.26. The van der Waals surface area contributed by atoms with Crippen LogP contribution >= 0.6 is 11.3 Å². The lowest BCUT2D eigenvalue weighted by Gasteiger charge is -2.19. The Morgan fingerprint density at radius 3 is 2.75 bits per heavy atom. The molecule has 0 radical (unpaired) electrons. The molecule has 1 heterocycles. The molecule has 1 aromatic heterocycles. The molecular formula is C10H14N2O3S. The van der Waals surface area contributed by atoms with Gasteiger partial charge in [-0.25, -0.2) is 9.78 Å². The van der Waals surface area contributed by atoms with Crippen LogP contribution in [-0.2, 0) is 4.79 Å². The highest BCUT2D eigenvalue weighted by atomic mass is 32.1. The van der Waals surface area contributed by atoms with Crippen molar-refractivity contribution in [2.45, 2.75) is 26.3 Å². The van der Waals surface area contributed by atoms with E-state index >= 15 is 0 Å². The molecule has 2 N–H and O–H groups in total. The highest BCUT2D eigenvalue weighted by molar-refractivity contribution is 7.07. The molecule has 1 amide bonds. The quantitative estimate of drug-likeness (QED) is 0.817. The Kier molecular flexibility index (Phi) is 4.42. The largest absolute Gasteiger partial charge is 0.480 e. The van der Waals surface area contributed by atoms with E-state index in [0.29, 0.717) is 6.42 Å². The number of carboxylic acids is 1. The number of carbonyl (C=O) groups excluding carboxylic acids is 1. The van der Waals surface area contributed by atoms with Gasteiger partial charge < -0.3 is 10.4 Å². The second-order valence-corrected chi connectivity index (χ2v) is 4.27. The average molecular weight is 242 g/mol. The van der Waals surface area contributed by atoms with Crippen molar-refractivity contribution in [3.63, 3.8) is 0 Å². The van der Waals surface area contributed by atoms with Gasteiger partial charge in [-0.2, -0.15) is 0 Å². The average Bonchev–Trinajstić information content (AvgIpc) is 2.77. The molecule has 1 unspecified atom stereocenters. The predicted octanol–water partition coefficient (Wildman–Crippen LogP) is 1.37. The summed E-state index contributed by atoms with van der Waals surface area (Å²) in [5.74, 6) is -1.56. The summed E-state index contributed by atoms with van der Waals surface area (Å²) < 4.78 is 0. The van der Waals surface area contributed by atoms with Crippen LogP contribution in [0.5, 0.6) is 0 Å². The number of nitrogens with one attached hydrogen (secondary N) is 1. The summed E-state index contributed by atoms with van der Waals surface area (Å²) in [6.07, 6.45) is 0.689. The first kappa shape index (κ1) is 12.6. The molecule has 0 aliphatic heterocycles. The zero-order valence-electron chi connectivity index (χ0n) is 9.14. The molecule has 0 aromatic carbocycles. The number of hydrogen-bond acceptors (Lipinski definition) is 4. The van der Waals surface area contributed by atoms with Crippen LogP contribution in [-0.4, -0.2) is 28.0 Å². The molecule has 0 fully saturated rings. The molecule has 5 nitrogen and oxygen atoms in total. The van der Waals surface area contributed by atoms with Crippen LogP contribution in [0.1, 0.15) is 30.8 Å². The minimum absolute atomic E-state index is 0.111. The Bertz CT molecular complexity index is 364. The van der Waals surface area contributed by atoms with Crippen molar-refractivity contribution in [3.8, 4) is 0 Å². The summed E-state index contributed by atoms with van der Waals surface area (Å²) >= 11 is 1.30. The van der Waals surface area contributed by atoms with E-state index in [2.05, 4.69) is 10.3 Å². The van der Waals surface area contributed by atoms with Crippen LogP contribution in [0.4, 0.5) is 0 Å². The van der Waals surface area contributed by atoms with Gasteiger partial charge in [-0.05, 0) is 5.92 Å². The fraction of sp³-hybridized carbons (Fsp3) is 0.500. The zero-order chi connectivity index (χ0) is 12.1. The summed E-state index contributed by atoms with van der Waals surface area (Å²) in [5, 5.41) is 13.1. The number of carbonyl (C=O) groups is 2. The Hall–Kier alpha value is -1.43. The van der Waals surface area contributed by atoms with Crippen molar-refractivity contribution in [1.29, 1.82) is 0 Å². The number of carboxylic acid groups (broad SMARTS) is 1. The minimum atomic E-state index is -1.02. The lowest BCUT2D eigenvalue weighted by atomic mass is 9.99. The van der Waals surface area contributed by atoms with E-state index < -0.39 is 17.9 Å². The van der Waals surface area contributed by atoms with Gasteiger partial charge in [0.15, 0.2) is 0 Å². The van der Waals surface area contributed by atoms with Gasteiger partial charge in [0.1, 0.15) is 11.7 Å². The van der Waals surface area contributed by atoms with Gasteiger partial charge in [0.05, 0.1) is 5.51 Å². The minimum Gasteiger partial charge on any atom is -0.480 e. The van der Waals surface area contributed by atoms with Gasteiger partial charge in [-0.15, -0.1) is 11.3 Å². The van der Waals surface area contributed by atoms with Gasteiger partial charge in [0.2, 0.25) is 0 Å². The third-order valence-corrected chi connectivity index (χ3v) is 3.02. The molecule has 16 heavy (non-hydrogen) atoms. The maximum Gasteiger partial charge on any atom is 0.326 e. The summed E-state index contributed by atoms with van der Waals surface area (Å²) in [6.45, 7) is 3.68. The molecule has 1 aromatic rings. The monoisotopic (exact) mass is 242 g/mol. The second kappa shape index (κ2) is 5.60. The van der Waals surface area contributed by atoms with Crippen LogP contribution < -0.4 is 5.32 Å². The maximum atomic E-state index is 11.6. The number of nitrogens with zero attached hydrogens (tertiary/aromatic N) is 1. The second-order valence-electron chi connectivity index (χ2n) is 3.55. The fourth-order valence-electron chi connectivity index (χ4n) is 1.22. The van der Waals surface area contributed by atoms with E-state index in [1.165, 1.54) is 16.8 Å². The Balaban J connectivity index is 2.69. The summed E-state index contributed by atoms with van der Waals surface area (Å²) in [7, 11) is 0. The number of aliphatic carboxylic acids is 1. The van der Waals surface area contributed by atoms with Gasteiger partial charge in [-0.1, -0.05) is 20.3 Å². The summed E-state index contributed by atoms with van der Waals surface area (Å²) in [6, 6.07) is -0.862. The lowest BCUT2D eigenvalue weighted by Crippen LogP contribution is -2.45. The fourth-order valence-corrected chi connectivity index (χ4v) is 1.76. The summed E-state index contributed by atoms with van der Waals surface area (Å²) in [5.41, 5.74) is 1.80. The van der Waals surface area contributed by atoms with Crippen molar-refractivity contribution in [3.05, 3.63) is 16.6 Å². The van der Waals surface area contributed by atoms with Gasteiger partial charge in [0.25, 0.3) is 5.91 Å². The van der Waals surface area contributed by atoms with E-state index in [4.69, 9.17) is 5.11 Å². The Morgan fingerprint density at radius 1 is 1.62 bits per heavy atom. The standard InChI is InChI=1S/C10H14N2O3S/c1-3-6(2)8(10(14)15)12-9(13)7-4-16-5-11-7/h4-6,8H,3H2,1-2H3,(H,12,13)(H,14,15)/t6?,8-/m0/s1. The Labute approximate surface area is 97.5 Å². The van der Waals surface area contributed by atoms with Crippen LogP contribution in [0.15, 0.2) is 10.9 Å².